The van der Waals surface area contributed by atoms with Gasteiger partial charge < -0.3 is 5.32 Å². The van der Waals surface area contributed by atoms with Crippen LogP contribution in [0.2, 0.25) is 0 Å². The lowest BCUT2D eigenvalue weighted by atomic mass is 10.2. The van der Waals surface area contributed by atoms with Crippen LogP contribution >= 0.6 is 15.9 Å². The molecule has 18 heavy (non-hydrogen) atoms. The molecular formula is C13H10BrFN2O. The second kappa shape index (κ2) is 5.27. The number of aromatic nitrogens is 1. The van der Waals surface area contributed by atoms with Gasteiger partial charge in [-0.05, 0) is 37.3 Å². The highest BCUT2D eigenvalue weighted by Crippen LogP contribution is 2.16. The number of carbonyl (C=O) groups is 1. The van der Waals surface area contributed by atoms with Crippen LogP contribution in [0.1, 0.15) is 16.1 Å². The number of anilines is 1. The fourth-order valence-corrected chi connectivity index (χ4v) is 1.75. The highest BCUT2D eigenvalue weighted by molar-refractivity contribution is 9.10. The van der Waals surface area contributed by atoms with Gasteiger partial charge in [-0.3, -0.25) is 9.78 Å². The van der Waals surface area contributed by atoms with E-state index in [4.69, 9.17) is 0 Å². The molecule has 1 N–H and O–H groups in total. The molecule has 2 rings (SSSR count). The predicted octanol–water partition coefficient (Wildman–Crippen LogP) is 3.54. The molecule has 0 aliphatic rings. The normalized spacial score (nSPS) is 10.2. The molecule has 0 bridgehead atoms. The number of nitrogens with one attached hydrogen (secondary N) is 1. The monoisotopic (exact) mass is 308 g/mol. The summed E-state index contributed by atoms with van der Waals surface area (Å²) in [7, 11) is 0. The summed E-state index contributed by atoms with van der Waals surface area (Å²) in [5.41, 5.74) is 1.38. The van der Waals surface area contributed by atoms with E-state index in [2.05, 4.69) is 26.2 Å². The van der Waals surface area contributed by atoms with E-state index in [1.54, 1.807) is 18.2 Å². The number of benzene rings is 1. The Morgan fingerprint density at radius 1 is 1.33 bits per heavy atom. The molecule has 5 heteroatoms. The maximum atomic E-state index is 13.6. The van der Waals surface area contributed by atoms with Crippen molar-refractivity contribution in [3.8, 4) is 0 Å². The maximum absolute atomic E-state index is 13.6. The van der Waals surface area contributed by atoms with Gasteiger partial charge in [-0.1, -0.05) is 15.9 Å². The molecule has 0 radical (unpaired) electrons. The van der Waals surface area contributed by atoms with Gasteiger partial charge in [-0.2, -0.15) is 0 Å². The zero-order valence-electron chi connectivity index (χ0n) is 9.58. The molecule has 0 atom stereocenters. The van der Waals surface area contributed by atoms with Gasteiger partial charge >= 0.3 is 0 Å². The van der Waals surface area contributed by atoms with E-state index >= 15 is 0 Å². The van der Waals surface area contributed by atoms with Crippen molar-refractivity contribution >= 4 is 27.5 Å². The average molecular weight is 309 g/mol. The highest BCUT2D eigenvalue weighted by atomic mass is 79.9. The quantitative estimate of drug-likeness (QED) is 0.922. The third-order valence-electron chi connectivity index (χ3n) is 2.34. The minimum Gasteiger partial charge on any atom is -0.320 e. The third-order valence-corrected chi connectivity index (χ3v) is 2.84. The first-order valence-corrected chi connectivity index (χ1v) is 6.04. The van der Waals surface area contributed by atoms with Crippen LogP contribution in [0, 0.1) is 12.7 Å². The third kappa shape index (κ3) is 2.92. The summed E-state index contributed by atoms with van der Waals surface area (Å²) in [6.07, 6.45) is 1.53. The first-order valence-electron chi connectivity index (χ1n) is 5.25. The van der Waals surface area contributed by atoms with E-state index in [-0.39, 0.29) is 5.56 Å². The number of rotatable bonds is 2. The van der Waals surface area contributed by atoms with Crippen LogP contribution in [0.4, 0.5) is 10.1 Å². The van der Waals surface area contributed by atoms with E-state index in [1.165, 1.54) is 18.3 Å². The Bertz CT molecular complexity index is 584. The number of hydrogen-bond donors (Lipinski definition) is 1. The Balaban J connectivity index is 2.19. The van der Waals surface area contributed by atoms with Gasteiger partial charge in [0.05, 0.1) is 17.4 Å². The molecule has 1 aromatic heterocycles. The van der Waals surface area contributed by atoms with Crippen LogP contribution in [0.15, 0.2) is 41.0 Å². The second-order valence-corrected chi connectivity index (χ2v) is 4.68. The van der Waals surface area contributed by atoms with E-state index in [0.29, 0.717) is 10.2 Å². The van der Waals surface area contributed by atoms with Crippen molar-refractivity contribution < 1.29 is 9.18 Å². The van der Waals surface area contributed by atoms with Gasteiger partial charge in [-0.25, -0.2) is 4.39 Å². The van der Waals surface area contributed by atoms with Crippen molar-refractivity contribution in [3.63, 3.8) is 0 Å². The van der Waals surface area contributed by atoms with Gasteiger partial charge in [0.25, 0.3) is 5.91 Å². The molecule has 92 valence electrons. The molecular weight excluding hydrogens is 299 g/mol. The Labute approximate surface area is 112 Å². The zero-order chi connectivity index (χ0) is 13.1. The van der Waals surface area contributed by atoms with Crippen molar-refractivity contribution in [2.45, 2.75) is 6.92 Å². The summed E-state index contributed by atoms with van der Waals surface area (Å²) in [6.45, 7) is 1.85. The van der Waals surface area contributed by atoms with Gasteiger partial charge in [0.15, 0.2) is 0 Å². The van der Waals surface area contributed by atoms with Gasteiger partial charge in [-0.15, -0.1) is 0 Å². The summed E-state index contributed by atoms with van der Waals surface area (Å²) in [6, 6.07) is 7.79. The minimum atomic E-state index is -0.568. The van der Waals surface area contributed by atoms with Gasteiger partial charge in [0, 0.05) is 10.2 Å². The van der Waals surface area contributed by atoms with Crippen molar-refractivity contribution in [3.05, 3.63) is 58.1 Å². The van der Waals surface area contributed by atoms with Crippen LogP contribution in [-0.4, -0.2) is 10.9 Å². The van der Waals surface area contributed by atoms with Crippen molar-refractivity contribution in [2.24, 2.45) is 0 Å². The average Bonchev–Trinajstić information content (AvgIpc) is 2.32. The highest BCUT2D eigenvalue weighted by Gasteiger charge is 2.12. The molecule has 0 unspecified atom stereocenters. The van der Waals surface area contributed by atoms with Crippen LogP contribution in [0.3, 0.4) is 0 Å². The lowest BCUT2D eigenvalue weighted by Gasteiger charge is -2.06. The van der Waals surface area contributed by atoms with Crippen LogP contribution in [-0.2, 0) is 0 Å². The Kier molecular flexibility index (Phi) is 3.72. The van der Waals surface area contributed by atoms with E-state index in [1.807, 2.05) is 6.92 Å². The number of halogens is 2. The molecule has 0 aliphatic carbocycles. The molecule has 0 saturated heterocycles. The number of nitrogens with zero attached hydrogens (tertiary/aromatic N) is 1. The van der Waals surface area contributed by atoms with Crippen molar-refractivity contribution in [2.75, 3.05) is 5.32 Å². The summed E-state index contributed by atoms with van der Waals surface area (Å²) < 4.78 is 14.2. The van der Waals surface area contributed by atoms with Crippen molar-refractivity contribution in [1.82, 2.24) is 4.98 Å². The summed E-state index contributed by atoms with van der Waals surface area (Å²) in [5, 5.41) is 2.59. The van der Waals surface area contributed by atoms with Crippen molar-refractivity contribution in [1.29, 1.82) is 0 Å². The molecule has 0 aliphatic heterocycles. The molecule has 1 heterocycles. The summed E-state index contributed by atoms with van der Waals surface area (Å²) in [4.78, 5) is 15.9. The summed E-state index contributed by atoms with van der Waals surface area (Å²) in [5.74, 6) is -1.06. The molecule has 0 fully saturated rings. The van der Waals surface area contributed by atoms with E-state index in [0.717, 1.165) is 5.69 Å². The van der Waals surface area contributed by atoms with Crippen LogP contribution in [0.5, 0.6) is 0 Å². The Morgan fingerprint density at radius 3 is 2.72 bits per heavy atom. The predicted molar refractivity (Wildman–Crippen MR) is 71.0 cm³/mol. The maximum Gasteiger partial charge on any atom is 0.258 e. The first-order chi connectivity index (χ1) is 8.56. The van der Waals surface area contributed by atoms with E-state index < -0.39 is 11.7 Å². The Morgan fingerprint density at radius 2 is 2.11 bits per heavy atom. The number of carbonyl (C=O) groups excluding carboxylic acids is 1. The zero-order valence-corrected chi connectivity index (χ0v) is 11.2. The number of aryl methyl sites for hydroxylation is 1. The second-order valence-electron chi connectivity index (χ2n) is 3.77. The van der Waals surface area contributed by atoms with Gasteiger partial charge in [0.1, 0.15) is 5.82 Å². The summed E-state index contributed by atoms with van der Waals surface area (Å²) >= 11 is 3.14. The molecule has 1 amide bonds. The lowest BCUT2D eigenvalue weighted by molar-refractivity contribution is 0.102. The van der Waals surface area contributed by atoms with Crippen LogP contribution < -0.4 is 5.32 Å². The molecule has 1 aromatic carbocycles. The fourth-order valence-electron chi connectivity index (χ4n) is 1.41. The topological polar surface area (TPSA) is 42.0 Å². The fraction of sp³-hybridized carbons (Fsp3) is 0.0769. The van der Waals surface area contributed by atoms with E-state index in [9.17, 15) is 9.18 Å². The number of hydrogen-bond acceptors (Lipinski definition) is 2. The first kappa shape index (κ1) is 12.7. The minimum absolute atomic E-state index is 0.00113. The van der Waals surface area contributed by atoms with Gasteiger partial charge in [0.2, 0.25) is 0 Å². The molecule has 0 spiro atoms. The SMILES string of the molecule is Cc1ccc(NC(=O)c2ccc(Br)cc2F)cn1. The van der Waals surface area contributed by atoms with Crippen LogP contribution in [0.25, 0.3) is 0 Å². The lowest BCUT2D eigenvalue weighted by Crippen LogP contribution is -2.13. The smallest absolute Gasteiger partial charge is 0.258 e. The molecule has 2 aromatic rings. The molecule has 3 nitrogen and oxygen atoms in total. The number of amides is 1. The molecule has 0 saturated carbocycles. The largest absolute Gasteiger partial charge is 0.320 e. The Hall–Kier alpha value is -1.75. The number of pyridine rings is 1. The standard InChI is InChI=1S/C13H10BrFN2O/c1-8-2-4-10(7-16-8)17-13(18)11-5-3-9(14)6-12(11)15/h2-7H,1H3,(H,17,18).